The molecule has 0 heterocycles. The van der Waals surface area contributed by atoms with Crippen LogP contribution in [0.4, 0.5) is 4.39 Å². The lowest BCUT2D eigenvalue weighted by Crippen LogP contribution is -2.13. The molecule has 5 heteroatoms. The van der Waals surface area contributed by atoms with E-state index in [1.54, 1.807) is 18.2 Å². The second-order valence-corrected chi connectivity index (χ2v) is 4.44. The highest BCUT2D eigenvalue weighted by Crippen LogP contribution is 2.30. The van der Waals surface area contributed by atoms with Crippen molar-refractivity contribution in [3.05, 3.63) is 58.3 Å². The number of nitrogen functional groups attached to an aromatic ring is 1. The number of halogens is 2. The van der Waals surface area contributed by atoms with Crippen molar-refractivity contribution in [2.45, 2.75) is 0 Å². The van der Waals surface area contributed by atoms with Gasteiger partial charge in [-0.25, -0.2) is 4.39 Å². The Morgan fingerprint density at radius 2 is 1.83 bits per heavy atom. The first-order valence-electron chi connectivity index (χ1n) is 5.14. The van der Waals surface area contributed by atoms with E-state index in [-0.39, 0.29) is 11.7 Å². The van der Waals surface area contributed by atoms with Gasteiger partial charge in [0.1, 0.15) is 23.2 Å². The van der Waals surface area contributed by atoms with Crippen LogP contribution in [0.25, 0.3) is 0 Å². The summed E-state index contributed by atoms with van der Waals surface area (Å²) in [5.41, 5.74) is 5.98. The Morgan fingerprint density at radius 3 is 2.44 bits per heavy atom. The predicted molar refractivity (Wildman–Crippen MR) is 71.6 cm³/mol. The second kappa shape index (κ2) is 5.18. The number of ether oxygens (including phenoxy) is 1. The molecule has 0 radical (unpaired) electrons. The summed E-state index contributed by atoms with van der Waals surface area (Å²) in [7, 11) is 0. The van der Waals surface area contributed by atoms with Crippen molar-refractivity contribution in [3.63, 3.8) is 0 Å². The van der Waals surface area contributed by atoms with Crippen molar-refractivity contribution in [2.75, 3.05) is 0 Å². The second-order valence-electron chi connectivity index (χ2n) is 3.58. The van der Waals surface area contributed by atoms with E-state index in [0.717, 1.165) is 0 Å². The van der Waals surface area contributed by atoms with Gasteiger partial charge in [0.2, 0.25) is 0 Å². The zero-order valence-electron chi connectivity index (χ0n) is 9.28. The molecule has 0 aliphatic rings. The van der Waals surface area contributed by atoms with Crippen LogP contribution in [0.5, 0.6) is 11.5 Å². The summed E-state index contributed by atoms with van der Waals surface area (Å²) in [6.07, 6.45) is 0. The summed E-state index contributed by atoms with van der Waals surface area (Å²) in [5.74, 6) is 0.503. The van der Waals surface area contributed by atoms with Crippen LogP contribution in [0.15, 0.2) is 46.9 Å². The van der Waals surface area contributed by atoms with Crippen molar-refractivity contribution in [1.29, 1.82) is 5.41 Å². The quantitative estimate of drug-likeness (QED) is 0.671. The molecule has 0 unspecified atom stereocenters. The molecule has 3 N–H and O–H groups in total. The van der Waals surface area contributed by atoms with Gasteiger partial charge in [-0.2, -0.15) is 0 Å². The molecule has 18 heavy (non-hydrogen) atoms. The number of nitrogens with two attached hydrogens (primary N) is 1. The van der Waals surface area contributed by atoms with Gasteiger partial charge >= 0.3 is 0 Å². The zero-order valence-corrected chi connectivity index (χ0v) is 10.9. The SMILES string of the molecule is N=C(N)c1c(Br)cccc1Oc1ccc(F)cc1. The minimum atomic E-state index is -0.330. The lowest BCUT2D eigenvalue weighted by atomic mass is 10.2. The summed E-state index contributed by atoms with van der Waals surface area (Å²) in [4.78, 5) is 0. The van der Waals surface area contributed by atoms with Gasteiger partial charge in [-0.05, 0) is 52.3 Å². The third-order valence-electron chi connectivity index (χ3n) is 2.29. The van der Waals surface area contributed by atoms with Crippen LogP contribution in [0.1, 0.15) is 5.56 Å². The molecule has 2 aromatic rings. The van der Waals surface area contributed by atoms with Crippen molar-refractivity contribution in [2.24, 2.45) is 5.73 Å². The van der Waals surface area contributed by atoms with E-state index in [1.165, 1.54) is 24.3 Å². The molecule has 0 atom stereocenters. The van der Waals surface area contributed by atoms with Crippen molar-refractivity contribution in [3.8, 4) is 11.5 Å². The number of nitrogens with one attached hydrogen (secondary N) is 1. The molecule has 0 saturated heterocycles. The van der Waals surface area contributed by atoms with E-state index in [1.807, 2.05) is 0 Å². The highest BCUT2D eigenvalue weighted by Gasteiger charge is 2.11. The van der Waals surface area contributed by atoms with Crippen LogP contribution < -0.4 is 10.5 Å². The van der Waals surface area contributed by atoms with Crippen LogP contribution in [0, 0.1) is 11.2 Å². The van der Waals surface area contributed by atoms with E-state index in [0.29, 0.717) is 21.5 Å². The standard InChI is InChI=1S/C13H10BrFN2O/c14-10-2-1-3-11(12(10)13(16)17)18-9-6-4-8(15)5-7-9/h1-7H,(H3,16,17). The van der Waals surface area contributed by atoms with Gasteiger partial charge in [0.05, 0.1) is 5.56 Å². The lowest BCUT2D eigenvalue weighted by molar-refractivity contribution is 0.479. The van der Waals surface area contributed by atoms with Gasteiger partial charge in [0, 0.05) is 4.47 Å². The maximum atomic E-state index is 12.8. The monoisotopic (exact) mass is 308 g/mol. The van der Waals surface area contributed by atoms with E-state index >= 15 is 0 Å². The lowest BCUT2D eigenvalue weighted by Gasteiger charge is -2.11. The van der Waals surface area contributed by atoms with Gasteiger partial charge in [-0.3, -0.25) is 5.41 Å². The molecule has 0 amide bonds. The Kier molecular flexibility index (Phi) is 3.62. The summed E-state index contributed by atoms with van der Waals surface area (Å²) in [6.45, 7) is 0. The molecule has 0 spiro atoms. The van der Waals surface area contributed by atoms with Crippen LogP contribution in [0.3, 0.4) is 0 Å². The number of hydrogen-bond donors (Lipinski definition) is 2. The molecule has 0 aliphatic carbocycles. The largest absolute Gasteiger partial charge is 0.457 e. The molecule has 2 rings (SSSR count). The van der Waals surface area contributed by atoms with E-state index in [2.05, 4.69) is 15.9 Å². The first kappa shape index (κ1) is 12.6. The minimum Gasteiger partial charge on any atom is -0.457 e. The Balaban J connectivity index is 2.37. The van der Waals surface area contributed by atoms with Crippen LogP contribution in [-0.4, -0.2) is 5.84 Å². The van der Waals surface area contributed by atoms with Gasteiger partial charge in [-0.1, -0.05) is 6.07 Å². The molecule has 3 nitrogen and oxygen atoms in total. The van der Waals surface area contributed by atoms with Crippen molar-refractivity contribution >= 4 is 21.8 Å². The number of benzene rings is 2. The molecule has 0 fully saturated rings. The van der Waals surface area contributed by atoms with Crippen molar-refractivity contribution in [1.82, 2.24) is 0 Å². The Labute approximate surface area is 112 Å². The average Bonchev–Trinajstić information content (AvgIpc) is 2.32. The van der Waals surface area contributed by atoms with Gasteiger partial charge < -0.3 is 10.5 Å². The molecule has 0 aromatic heterocycles. The maximum Gasteiger partial charge on any atom is 0.139 e. The number of amidine groups is 1. The normalized spacial score (nSPS) is 10.1. The van der Waals surface area contributed by atoms with Crippen molar-refractivity contribution < 1.29 is 9.13 Å². The third-order valence-corrected chi connectivity index (χ3v) is 2.95. The molecule has 92 valence electrons. The summed E-state index contributed by atoms with van der Waals surface area (Å²) < 4.78 is 19.0. The summed E-state index contributed by atoms with van der Waals surface area (Å²) in [6, 6.07) is 10.9. The fourth-order valence-electron chi connectivity index (χ4n) is 1.48. The molecule has 0 saturated carbocycles. The smallest absolute Gasteiger partial charge is 0.139 e. The average molecular weight is 309 g/mol. The Morgan fingerprint density at radius 1 is 1.17 bits per heavy atom. The van der Waals surface area contributed by atoms with E-state index in [4.69, 9.17) is 15.9 Å². The number of hydrogen-bond acceptors (Lipinski definition) is 2. The molecule has 0 aliphatic heterocycles. The topological polar surface area (TPSA) is 59.1 Å². The van der Waals surface area contributed by atoms with Crippen LogP contribution >= 0.6 is 15.9 Å². The third kappa shape index (κ3) is 2.68. The van der Waals surface area contributed by atoms with E-state index < -0.39 is 0 Å². The maximum absolute atomic E-state index is 12.8. The molecule has 0 bridgehead atoms. The Bertz CT molecular complexity index is 584. The summed E-state index contributed by atoms with van der Waals surface area (Å²) in [5, 5.41) is 7.52. The molecular weight excluding hydrogens is 299 g/mol. The molecular formula is C13H10BrFN2O. The minimum absolute atomic E-state index is 0.0976. The Hall–Kier alpha value is -1.88. The number of rotatable bonds is 3. The van der Waals surface area contributed by atoms with Gasteiger partial charge in [0.15, 0.2) is 0 Å². The highest BCUT2D eigenvalue weighted by molar-refractivity contribution is 9.10. The van der Waals surface area contributed by atoms with Crippen LogP contribution in [-0.2, 0) is 0 Å². The first-order chi connectivity index (χ1) is 8.58. The van der Waals surface area contributed by atoms with Gasteiger partial charge in [0.25, 0.3) is 0 Å². The highest BCUT2D eigenvalue weighted by atomic mass is 79.9. The predicted octanol–water partition coefficient (Wildman–Crippen LogP) is 3.66. The first-order valence-corrected chi connectivity index (χ1v) is 5.93. The fraction of sp³-hybridized carbons (Fsp3) is 0. The summed E-state index contributed by atoms with van der Waals surface area (Å²) >= 11 is 3.31. The van der Waals surface area contributed by atoms with E-state index in [9.17, 15) is 4.39 Å². The fourth-order valence-corrected chi connectivity index (χ4v) is 2.04. The van der Waals surface area contributed by atoms with Gasteiger partial charge in [-0.15, -0.1) is 0 Å². The zero-order chi connectivity index (χ0) is 13.1. The van der Waals surface area contributed by atoms with Crippen LogP contribution in [0.2, 0.25) is 0 Å². The molecule has 2 aromatic carbocycles.